The minimum atomic E-state index is -1.21. The molecule has 0 aliphatic carbocycles. The Kier molecular flexibility index (Phi) is 4.60. The summed E-state index contributed by atoms with van der Waals surface area (Å²) in [5, 5.41) is 19.3. The lowest BCUT2D eigenvalue weighted by Crippen LogP contribution is -2.35. The number of hydrogen-bond donors (Lipinski definition) is 1. The van der Waals surface area contributed by atoms with Crippen LogP contribution in [-0.2, 0) is 4.79 Å². The Hall–Kier alpha value is -2.88. The van der Waals surface area contributed by atoms with Crippen molar-refractivity contribution in [2.45, 2.75) is 0 Å². The highest BCUT2D eigenvalue weighted by Gasteiger charge is 2.19. The van der Waals surface area contributed by atoms with Gasteiger partial charge in [-0.05, 0) is 6.07 Å². The van der Waals surface area contributed by atoms with E-state index in [-0.39, 0.29) is 17.8 Å². The molecule has 0 saturated carbocycles. The van der Waals surface area contributed by atoms with Gasteiger partial charge in [0.05, 0.1) is 11.5 Å². The standard InChI is InChI=1S/C12H10N2O5/c1-2-6-13(8-11(15)16)12(17)9-4-3-5-10(7-9)14(18)19/h1,3-5,7H,6,8H2,(H,15,16). The van der Waals surface area contributed by atoms with Gasteiger partial charge in [-0.3, -0.25) is 19.7 Å². The molecule has 1 N–H and O–H groups in total. The van der Waals surface area contributed by atoms with Crippen molar-refractivity contribution in [1.82, 2.24) is 4.90 Å². The van der Waals surface area contributed by atoms with Crippen molar-refractivity contribution in [3.63, 3.8) is 0 Å². The maximum Gasteiger partial charge on any atom is 0.323 e. The van der Waals surface area contributed by atoms with E-state index in [4.69, 9.17) is 11.5 Å². The van der Waals surface area contributed by atoms with E-state index in [9.17, 15) is 19.7 Å². The third kappa shape index (κ3) is 3.81. The Balaban J connectivity index is 3.02. The van der Waals surface area contributed by atoms with Crippen molar-refractivity contribution >= 4 is 17.6 Å². The Morgan fingerprint density at radius 3 is 2.68 bits per heavy atom. The molecule has 0 atom stereocenters. The fraction of sp³-hybridized carbons (Fsp3) is 0.167. The van der Waals surface area contributed by atoms with Gasteiger partial charge in [0.1, 0.15) is 6.54 Å². The predicted molar refractivity (Wildman–Crippen MR) is 65.5 cm³/mol. The molecule has 98 valence electrons. The topological polar surface area (TPSA) is 101 Å². The van der Waals surface area contributed by atoms with E-state index >= 15 is 0 Å². The number of carboxylic acids is 1. The molecule has 0 aliphatic heterocycles. The van der Waals surface area contributed by atoms with E-state index in [2.05, 4.69) is 5.92 Å². The first kappa shape index (κ1) is 14.2. The molecule has 1 aromatic rings. The van der Waals surface area contributed by atoms with Crippen LogP contribution in [0.2, 0.25) is 0 Å². The van der Waals surface area contributed by atoms with Gasteiger partial charge in [-0.15, -0.1) is 6.42 Å². The molecule has 0 saturated heterocycles. The van der Waals surface area contributed by atoms with Crippen LogP contribution >= 0.6 is 0 Å². The van der Waals surface area contributed by atoms with E-state index in [1.165, 1.54) is 18.2 Å². The second-order valence-corrected chi connectivity index (χ2v) is 3.57. The van der Waals surface area contributed by atoms with Crippen LogP contribution < -0.4 is 0 Å². The minimum Gasteiger partial charge on any atom is -0.480 e. The van der Waals surface area contributed by atoms with E-state index in [0.29, 0.717) is 0 Å². The zero-order valence-corrected chi connectivity index (χ0v) is 9.78. The molecule has 0 aliphatic rings. The second kappa shape index (κ2) is 6.16. The van der Waals surface area contributed by atoms with Gasteiger partial charge in [-0.25, -0.2) is 0 Å². The number of carbonyl (C=O) groups excluding carboxylic acids is 1. The summed E-state index contributed by atoms with van der Waals surface area (Å²) < 4.78 is 0. The molecular formula is C12H10N2O5. The first-order valence-electron chi connectivity index (χ1n) is 5.14. The monoisotopic (exact) mass is 262 g/mol. The largest absolute Gasteiger partial charge is 0.480 e. The quantitative estimate of drug-likeness (QED) is 0.479. The molecule has 0 unspecified atom stereocenters. The fourth-order valence-corrected chi connectivity index (χ4v) is 1.41. The normalized spacial score (nSPS) is 9.42. The number of rotatable bonds is 5. The number of benzene rings is 1. The van der Waals surface area contributed by atoms with Gasteiger partial charge in [-0.2, -0.15) is 0 Å². The number of nitrogens with zero attached hydrogens (tertiary/aromatic N) is 2. The number of carbonyl (C=O) groups is 2. The lowest BCUT2D eigenvalue weighted by atomic mass is 10.1. The summed E-state index contributed by atoms with van der Waals surface area (Å²) in [6.07, 6.45) is 5.05. The number of amides is 1. The highest BCUT2D eigenvalue weighted by Crippen LogP contribution is 2.14. The Morgan fingerprint density at radius 2 is 2.16 bits per heavy atom. The van der Waals surface area contributed by atoms with Crippen molar-refractivity contribution < 1.29 is 19.6 Å². The van der Waals surface area contributed by atoms with E-state index in [1.54, 1.807) is 0 Å². The zero-order valence-electron chi connectivity index (χ0n) is 9.78. The maximum atomic E-state index is 12.0. The molecular weight excluding hydrogens is 252 g/mol. The van der Waals surface area contributed by atoms with Gasteiger partial charge in [0.25, 0.3) is 11.6 Å². The summed E-state index contributed by atoms with van der Waals surface area (Å²) in [4.78, 5) is 33.5. The Labute approximate surface area is 108 Å². The van der Waals surface area contributed by atoms with Crippen molar-refractivity contribution in [2.24, 2.45) is 0 Å². The number of nitro benzene ring substituents is 1. The second-order valence-electron chi connectivity index (χ2n) is 3.57. The summed E-state index contributed by atoms with van der Waals surface area (Å²) in [6.45, 7) is -0.750. The highest BCUT2D eigenvalue weighted by atomic mass is 16.6. The third-order valence-corrected chi connectivity index (χ3v) is 2.20. The molecule has 1 aromatic carbocycles. The van der Waals surface area contributed by atoms with Crippen LogP contribution in [0.5, 0.6) is 0 Å². The van der Waals surface area contributed by atoms with E-state index in [1.807, 2.05) is 0 Å². The van der Waals surface area contributed by atoms with E-state index in [0.717, 1.165) is 11.0 Å². The van der Waals surface area contributed by atoms with Crippen LogP contribution in [0.3, 0.4) is 0 Å². The molecule has 7 nitrogen and oxygen atoms in total. The smallest absolute Gasteiger partial charge is 0.323 e. The van der Waals surface area contributed by atoms with Crippen LogP contribution in [0.25, 0.3) is 0 Å². The zero-order chi connectivity index (χ0) is 14.4. The van der Waals surface area contributed by atoms with Crippen LogP contribution in [-0.4, -0.2) is 39.9 Å². The molecule has 1 amide bonds. The Morgan fingerprint density at radius 1 is 1.47 bits per heavy atom. The van der Waals surface area contributed by atoms with Crippen molar-refractivity contribution in [1.29, 1.82) is 0 Å². The number of nitro groups is 1. The highest BCUT2D eigenvalue weighted by molar-refractivity contribution is 5.96. The van der Waals surface area contributed by atoms with Gasteiger partial charge in [0.15, 0.2) is 0 Å². The summed E-state index contributed by atoms with van der Waals surface area (Å²) in [5.74, 6) is 0.292. The molecule has 0 aromatic heterocycles. The SMILES string of the molecule is C#CCN(CC(=O)O)C(=O)c1cccc([N+](=O)[O-])c1. The molecule has 0 bridgehead atoms. The first-order chi connectivity index (χ1) is 8.95. The van der Waals surface area contributed by atoms with Crippen LogP contribution in [0, 0.1) is 22.5 Å². The lowest BCUT2D eigenvalue weighted by Gasteiger charge is -2.17. The van der Waals surface area contributed by atoms with Crippen LogP contribution in [0.1, 0.15) is 10.4 Å². The van der Waals surface area contributed by atoms with Gasteiger partial charge in [0.2, 0.25) is 0 Å². The van der Waals surface area contributed by atoms with Gasteiger partial charge >= 0.3 is 5.97 Å². The van der Waals surface area contributed by atoms with Crippen molar-refractivity contribution in [3.05, 3.63) is 39.9 Å². The number of non-ortho nitro benzene ring substituents is 1. The molecule has 19 heavy (non-hydrogen) atoms. The maximum absolute atomic E-state index is 12.0. The first-order valence-corrected chi connectivity index (χ1v) is 5.14. The molecule has 0 radical (unpaired) electrons. The van der Waals surface area contributed by atoms with Crippen LogP contribution in [0.4, 0.5) is 5.69 Å². The molecule has 7 heteroatoms. The lowest BCUT2D eigenvalue weighted by molar-refractivity contribution is -0.384. The van der Waals surface area contributed by atoms with Gasteiger partial charge in [-0.1, -0.05) is 12.0 Å². The third-order valence-electron chi connectivity index (χ3n) is 2.20. The minimum absolute atomic E-state index is 0.0192. The van der Waals surface area contributed by atoms with Crippen LogP contribution in [0.15, 0.2) is 24.3 Å². The van der Waals surface area contributed by atoms with Gasteiger partial charge in [0, 0.05) is 17.7 Å². The van der Waals surface area contributed by atoms with Crippen molar-refractivity contribution in [3.8, 4) is 12.3 Å². The average Bonchev–Trinajstić information content (AvgIpc) is 2.37. The number of terminal acetylenes is 1. The summed E-state index contributed by atoms with van der Waals surface area (Å²) >= 11 is 0. The molecule has 0 heterocycles. The number of aliphatic carboxylic acids is 1. The summed E-state index contributed by atoms with van der Waals surface area (Å²) in [6, 6.07) is 5.02. The summed E-state index contributed by atoms with van der Waals surface area (Å²) in [7, 11) is 0. The predicted octanol–water partition coefficient (Wildman–Crippen LogP) is 0.755. The average molecular weight is 262 g/mol. The fourth-order valence-electron chi connectivity index (χ4n) is 1.41. The van der Waals surface area contributed by atoms with E-state index < -0.39 is 23.3 Å². The molecule has 0 spiro atoms. The van der Waals surface area contributed by atoms with Gasteiger partial charge < -0.3 is 10.0 Å². The van der Waals surface area contributed by atoms with Crippen molar-refractivity contribution in [2.75, 3.05) is 13.1 Å². The summed E-state index contributed by atoms with van der Waals surface area (Å²) in [5.41, 5.74) is -0.229. The molecule has 1 rings (SSSR count). The number of carboxylic acid groups (broad SMARTS) is 1. The number of hydrogen-bond acceptors (Lipinski definition) is 4. The Bertz CT molecular complexity index is 561. The molecule has 0 fully saturated rings.